The van der Waals surface area contributed by atoms with Crippen LogP contribution in [0, 0.1) is 0 Å². The first kappa shape index (κ1) is 20.9. The van der Waals surface area contributed by atoms with Gasteiger partial charge in [-0.2, -0.15) is 4.31 Å². The summed E-state index contributed by atoms with van der Waals surface area (Å²) < 4.78 is 26.9. The van der Waals surface area contributed by atoms with Gasteiger partial charge in [-0.15, -0.1) is 0 Å². The summed E-state index contributed by atoms with van der Waals surface area (Å²) in [4.78, 5) is 28.1. The predicted molar refractivity (Wildman–Crippen MR) is 114 cm³/mol. The topological polar surface area (TPSA) is 147 Å². The van der Waals surface area contributed by atoms with Gasteiger partial charge in [-0.25, -0.2) is 23.4 Å². The van der Waals surface area contributed by atoms with E-state index in [0.717, 1.165) is 18.5 Å². The Labute approximate surface area is 180 Å². The fraction of sp³-hybridized carbons (Fsp3) is 0.300. The molecular weight excluding hydrogens is 418 g/mol. The van der Waals surface area contributed by atoms with Crippen LogP contribution in [-0.2, 0) is 16.4 Å². The normalized spacial score (nSPS) is 14.6. The molecule has 0 spiro atoms. The second kappa shape index (κ2) is 8.82. The molecule has 1 saturated heterocycles. The second-order valence-electron chi connectivity index (χ2n) is 7.21. The lowest BCUT2D eigenvalue weighted by Crippen LogP contribution is -2.28. The summed E-state index contributed by atoms with van der Waals surface area (Å²) in [6.45, 7) is 1.48. The maximum atomic E-state index is 12.7. The molecule has 4 N–H and O–H groups in total. The molecule has 0 saturated carbocycles. The molecule has 0 radical (unpaired) electrons. The monoisotopic (exact) mass is 441 g/mol. The molecule has 1 aliphatic heterocycles. The van der Waals surface area contributed by atoms with Crippen LogP contribution in [0.25, 0.3) is 11.3 Å². The molecule has 4 rings (SSSR count). The van der Waals surface area contributed by atoms with Crippen LogP contribution in [0.4, 0.5) is 5.82 Å². The average molecular weight is 442 g/mol. The molecule has 1 aromatic carbocycles. The summed E-state index contributed by atoms with van der Waals surface area (Å²) >= 11 is 0. The van der Waals surface area contributed by atoms with E-state index in [1.165, 1.54) is 10.5 Å². The van der Waals surface area contributed by atoms with E-state index in [4.69, 9.17) is 5.73 Å². The van der Waals surface area contributed by atoms with Gasteiger partial charge in [-0.05, 0) is 25.0 Å². The number of nitrogens with two attached hydrogens (primary N) is 1. The van der Waals surface area contributed by atoms with Gasteiger partial charge >= 0.3 is 0 Å². The highest BCUT2D eigenvalue weighted by molar-refractivity contribution is 7.89. The highest BCUT2D eigenvalue weighted by atomic mass is 32.2. The number of amides is 1. The lowest BCUT2D eigenvalue weighted by atomic mass is 10.1. The molecule has 162 valence electrons. The zero-order valence-corrected chi connectivity index (χ0v) is 17.6. The first-order valence-corrected chi connectivity index (χ1v) is 11.4. The molecule has 11 heteroatoms. The molecule has 1 aliphatic rings. The SMILES string of the molecule is Nc1ncc(-c2ccc(S(=O)(=O)N3CCCC3)cc2)nc1C(=O)NCCc1cnc[nH]1. The quantitative estimate of drug-likeness (QED) is 0.499. The van der Waals surface area contributed by atoms with Crippen molar-refractivity contribution in [3.63, 3.8) is 0 Å². The van der Waals surface area contributed by atoms with Crippen molar-refractivity contribution in [2.45, 2.75) is 24.2 Å². The number of nitrogen functional groups attached to an aromatic ring is 1. The Balaban J connectivity index is 1.49. The van der Waals surface area contributed by atoms with Gasteiger partial charge in [0.2, 0.25) is 10.0 Å². The molecule has 0 unspecified atom stereocenters. The van der Waals surface area contributed by atoms with Gasteiger partial charge in [0, 0.05) is 43.5 Å². The van der Waals surface area contributed by atoms with E-state index in [2.05, 4.69) is 25.3 Å². The maximum absolute atomic E-state index is 12.7. The van der Waals surface area contributed by atoms with Crippen molar-refractivity contribution >= 4 is 21.7 Å². The van der Waals surface area contributed by atoms with Crippen LogP contribution in [0.1, 0.15) is 29.0 Å². The molecule has 0 atom stereocenters. The lowest BCUT2D eigenvalue weighted by molar-refractivity contribution is 0.0950. The van der Waals surface area contributed by atoms with E-state index in [9.17, 15) is 13.2 Å². The van der Waals surface area contributed by atoms with Gasteiger partial charge in [0.05, 0.1) is 23.1 Å². The van der Waals surface area contributed by atoms with Crippen molar-refractivity contribution in [3.8, 4) is 11.3 Å². The van der Waals surface area contributed by atoms with Gasteiger partial charge in [0.1, 0.15) is 0 Å². The van der Waals surface area contributed by atoms with E-state index in [1.54, 1.807) is 36.8 Å². The number of sulfonamides is 1. The number of nitrogens with one attached hydrogen (secondary N) is 2. The van der Waals surface area contributed by atoms with E-state index < -0.39 is 15.9 Å². The van der Waals surface area contributed by atoms with Crippen LogP contribution in [0.2, 0.25) is 0 Å². The van der Waals surface area contributed by atoms with Crippen molar-refractivity contribution < 1.29 is 13.2 Å². The molecule has 0 aliphatic carbocycles. The Kier molecular flexibility index (Phi) is 5.96. The van der Waals surface area contributed by atoms with Crippen molar-refractivity contribution in [2.24, 2.45) is 0 Å². The van der Waals surface area contributed by atoms with Crippen LogP contribution >= 0.6 is 0 Å². The molecule has 1 fully saturated rings. The molecule has 2 aromatic heterocycles. The van der Waals surface area contributed by atoms with E-state index in [1.807, 2.05) is 0 Å². The number of benzene rings is 1. The first-order valence-electron chi connectivity index (χ1n) is 9.94. The van der Waals surface area contributed by atoms with Crippen LogP contribution in [0.15, 0.2) is 47.9 Å². The summed E-state index contributed by atoms with van der Waals surface area (Å²) in [5, 5.41) is 2.76. The largest absolute Gasteiger partial charge is 0.382 e. The summed E-state index contributed by atoms with van der Waals surface area (Å²) in [5.74, 6) is -0.407. The van der Waals surface area contributed by atoms with Gasteiger partial charge in [0.15, 0.2) is 11.5 Å². The number of aromatic amines is 1. The molecule has 3 aromatic rings. The average Bonchev–Trinajstić information content (AvgIpc) is 3.49. The number of rotatable bonds is 7. The molecule has 3 heterocycles. The van der Waals surface area contributed by atoms with Crippen LogP contribution in [0.5, 0.6) is 0 Å². The summed E-state index contributed by atoms with van der Waals surface area (Å²) in [6.07, 6.45) is 7.07. The van der Waals surface area contributed by atoms with Gasteiger partial charge in [0.25, 0.3) is 5.91 Å². The second-order valence-corrected chi connectivity index (χ2v) is 9.15. The Bertz CT molecular complexity index is 1160. The molecule has 0 bridgehead atoms. The number of imidazole rings is 1. The van der Waals surface area contributed by atoms with Crippen LogP contribution in [-0.4, -0.2) is 58.2 Å². The highest BCUT2D eigenvalue weighted by Gasteiger charge is 2.27. The Morgan fingerprint density at radius 1 is 1.16 bits per heavy atom. The number of carbonyl (C=O) groups excluding carboxylic acids is 1. The number of hydrogen-bond donors (Lipinski definition) is 3. The molecule has 31 heavy (non-hydrogen) atoms. The summed E-state index contributed by atoms with van der Waals surface area (Å²) in [5.41, 5.74) is 7.84. The third-order valence-corrected chi connectivity index (χ3v) is 7.02. The zero-order valence-electron chi connectivity index (χ0n) is 16.8. The molecular formula is C20H23N7O3S. The fourth-order valence-corrected chi connectivity index (χ4v) is 4.91. The minimum absolute atomic E-state index is 0.0240. The highest BCUT2D eigenvalue weighted by Crippen LogP contribution is 2.24. The number of nitrogens with zero attached hydrogens (tertiary/aromatic N) is 4. The predicted octanol–water partition coefficient (Wildman–Crippen LogP) is 1.21. The van der Waals surface area contributed by atoms with E-state index in [-0.39, 0.29) is 16.4 Å². The minimum atomic E-state index is -3.49. The standard InChI is InChI=1S/C20H23N7O3S/c21-19-18(20(28)23-8-7-15-11-22-13-25-15)26-17(12-24-19)14-3-5-16(6-4-14)31(29,30)27-9-1-2-10-27/h3-6,11-13H,1-2,7-10H2,(H2,21,24)(H,22,25)(H,23,28). The van der Waals surface area contributed by atoms with Crippen LogP contribution in [0.3, 0.4) is 0 Å². The fourth-order valence-electron chi connectivity index (χ4n) is 3.40. The third kappa shape index (κ3) is 4.57. The van der Waals surface area contributed by atoms with Crippen molar-refractivity contribution in [1.82, 2.24) is 29.6 Å². The van der Waals surface area contributed by atoms with Crippen molar-refractivity contribution in [3.05, 3.63) is 54.4 Å². The number of hydrogen-bond acceptors (Lipinski definition) is 7. The van der Waals surface area contributed by atoms with Crippen molar-refractivity contribution in [1.29, 1.82) is 0 Å². The van der Waals surface area contributed by atoms with Crippen LogP contribution < -0.4 is 11.1 Å². The number of carbonyl (C=O) groups is 1. The first-order chi connectivity index (χ1) is 14.9. The molecule has 1 amide bonds. The maximum Gasteiger partial charge on any atom is 0.273 e. The van der Waals surface area contributed by atoms with Crippen molar-refractivity contribution in [2.75, 3.05) is 25.4 Å². The van der Waals surface area contributed by atoms with Gasteiger partial charge < -0.3 is 16.0 Å². The molecule has 10 nitrogen and oxygen atoms in total. The summed E-state index contributed by atoms with van der Waals surface area (Å²) in [7, 11) is -3.49. The number of aromatic nitrogens is 4. The Hall–Kier alpha value is -3.31. The summed E-state index contributed by atoms with van der Waals surface area (Å²) in [6, 6.07) is 6.41. The van der Waals surface area contributed by atoms with Gasteiger partial charge in [-0.3, -0.25) is 4.79 Å². The Morgan fingerprint density at radius 3 is 2.58 bits per heavy atom. The smallest absolute Gasteiger partial charge is 0.273 e. The third-order valence-electron chi connectivity index (χ3n) is 5.10. The van der Waals surface area contributed by atoms with Gasteiger partial charge in [-0.1, -0.05) is 12.1 Å². The Morgan fingerprint density at radius 2 is 1.90 bits per heavy atom. The van der Waals surface area contributed by atoms with E-state index >= 15 is 0 Å². The lowest BCUT2D eigenvalue weighted by Gasteiger charge is -2.15. The van der Waals surface area contributed by atoms with E-state index in [0.29, 0.717) is 37.3 Å². The zero-order chi connectivity index (χ0) is 21.8. The number of H-pyrrole nitrogens is 1. The minimum Gasteiger partial charge on any atom is -0.382 e. The number of anilines is 1.